The molecule has 19 heavy (non-hydrogen) atoms. The molecule has 0 aliphatic heterocycles. The van der Waals surface area contributed by atoms with E-state index in [0.717, 1.165) is 22.3 Å². The molecule has 1 aromatic heterocycles. The second-order valence-electron chi connectivity index (χ2n) is 4.73. The van der Waals surface area contributed by atoms with E-state index in [-0.39, 0.29) is 6.61 Å². The van der Waals surface area contributed by atoms with Crippen LogP contribution < -0.4 is 4.90 Å². The van der Waals surface area contributed by atoms with Crippen molar-refractivity contribution in [3.63, 3.8) is 0 Å². The Morgan fingerprint density at radius 3 is 2.68 bits per heavy atom. The molecular formula is C15H18BrNOS. The number of nitrogens with zero attached hydrogens (tertiary/aromatic N) is 1. The molecule has 0 saturated carbocycles. The SMILES string of the molecule is CC(C)N(Cc1cccs1)c1cc(Br)ccc1CO. The Morgan fingerprint density at radius 1 is 1.32 bits per heavy atom. The van der Waals surface area contributed by atoms with Crippen molar-refractivity contribution < 1.29 is 5.11 Å². The maximum absolute atomic E-state index is 9.53. The monoisotopic (exact) mass is 339 g/mol. The van der Waals surface area contributed by atoms with Crippen molar-refractivity contribution in [1.29, 1.82) is 0 Å². The third-order valence-corrected chi connectivity index (χ3v) is 4.41. The summed E-state index contributed by atoms with van der Waals surface area (Å²) in [6, 6.07) is 10.6. The van der Waals surface area contributed by atoms with Gasteiger partial charge in [0.1, 0.15) is 0 Å². The van der Waals surface area contributed by atoms with Crippen molar-refractivity contribution >= 4 is 33.0 Å². The minimum atomic E-state index is 0.0657. The van der Waals surface area contributed by atoms with E-state index in [9.17, 15) is 5.11 Å². The summed E-state index contributed by atoms with van der Waals surface area (Å²) in [4.78, 5) is 3.65. The number of aliphatic hydroxyl groups excluding tert-OH is 1. The molecule has 1 N–H and O–H groups in total. The average molecular weight is 340 g/mol. The topological polar surface area (TPSA) is 23.5 Å². The second kappa shape index (κ2) is 6.55. The van der Waals surface area contributed by atoms with E-state index < -0.39 is 0 Å². The standard InChI is InChI=1S/C15H18BrNOS/c1-11(2)17(9-14-4-3-7-19-14)15-8-13(16)6-5-12(15)10-18/h3-8,11,18H,9-10H2,1-2H3. The van der Waals surface area contributed by atoms with Gasteiger partial charge in [0.05, 0.1) is 13.2 Å². The third-order valence-electron chi connectivity index (χ3n) is 3.06. The first-order valence-corrected chi connectivity index (χ1v) is 7.97. The maximum atomic E-state index is 9.53. The molecule has 102 valence electrons. The van der Waals surface area contributed by atoms with Crippen molar-refractivity contribution in [2.75, 3.05) is 4.90 Å². The van der Waals surface area contributed by atoms with Gasteiger partial charge >= 0.3 is 0 Å². The van der Waals surface area contributed by atoms with Crippen LogP contribution in [-0.2, 0) is 13.2 Å². The van der Waals surface area contributed by atoms with Crippen LogP contribution in [-0.4, -0.2) is 11.1 Å². The zero-order valence-electron chi connectivity index (χ0n) is 11.1. The fourth-order valence-electron chi connectivity index (χ4n) is 2.05. The highest BCUT2D eigenvalue weighted by Gasteiger charge is 2.15. The van der Waals surface area contributed by atoms with Crippen LogP contribution in [0.1, 0.15) is 24.3 Å². The molecule has 2 nitrogen and oxygen atoms in total. The Labute approximate surface area is 126 Å². The number of rotatable bonds is 5. The van der Waals surface area contributed by atoms with E-state index in [2.05, 4.69) is 58.3 Å². The Bertz CT molecular complexity index is 525. The first-order valence-electron chi connectivity index (χ1n) is 6.30. The summed E-state index contributed by atoms with van der Waals surface area (Å²) >= 11 is 5.28. The molecule has 0 unspecified atom stereocenters. The highest BCUT2D eigenvalue weighted by atomic mass is 79.9. The number of hydrogen-bond donors (Lipinski definition) is 1. The molecule has 2 rings (SSSR count). The van der Waals surface area contributed by atoms with Gasteiger partial charge in [0.2, 0.25) is 0 Å². The van der Waals surface area contributed by atoms with Crippen molar-refractivity contribution in [2.45, 2.75) is 33.0 Å². The molecule has 1 aromatic carbocycles. The average Bonchev–Trinajstić information content (AvgIpc) is 2.88. The van der Waals surface area contributed by atoms with E-state index in [1.165, 1.54) is 4.88 Å². The van der Waals surface area contributed by atoms with Crippen LogP contribution in [0.4, 0.5) is 5.69 Å². The minimum Gasteiger partial charge on any atom is -0.392 e. The van der Waals surface area contributed by atoms with Gasteiger partial charge in [0, 0.05) is 26.6 Å². The van der Waals surface area contributed by atoms with Gasteiger partial charge in [-0.1, -0.05) is 28.1 Å². The predicted molar refractivity (Wildman–Crippen MR) is 85.7 cm³/mol. The van der Waals surface area contributed by atoms with Gasteiger partial charge in [0.15, 0.2) is 0 Å². The summed E-state index contributed by atoms with van der Waals surface area (Å²) in [5.41, 5.74) is 2.06. The molecule has 0 bridgehead atoms. The fourth-order valence-corrected chi connectivity index (χ4v) is 3.11. The summed E-state index contributed by atoms with van der Waals surface area (Å²) in [6.45, 7) is 5.29. The maximum Gasteiger partial charge on any atom is 0.0702 e. The molecule has 0 atom stereocenters. The molecule has 0 fully saturated rings. The molecular weight excluding hydrogens is 322 g/mol. The second-order valence-corrected chi connectivity index (χ2v) is 6.68. The van der Waals surface area contributed by atoms with Gasteiger partial charge in [-0.2, -0.15) is 0 Å². The Hall–Kier alpha value is -0.840. The number of hydrogen-bond acceptors (Lipinski definition) is 3. The Morgan fingerprint density at radius 2 is 2.11 bits per heavy atom. The van der Waals surface area contributed by atoms with Crippen molar-refractivity contribution in [1.82, 2.24) is 0 Å². The minimum absolute atomic E-state index is 0.0657. The van der Waals surface area contributed by atoms with E-state index in [0.29, 0.717) is 6.04 Å². The number of aliphatic hydroxyl groups is 1. The van der Waals surface area contributed by atoms with Gasteiger partial charge in [-0.05, 0) is 37.4 Å². The normalized spacial score (nSPS) is 11.0. The third kappa shape index (κ3) is 3.59. The number of halogens is 1. The molecule has 1 heterocycles. The fraction of sp³-hybridized carbons (Fsp3) is 0.333. The number of benzene rings is 1. The quantitative estimate of drug-likeness (QED) is 0.871. The van der Waals surface area contributed by atoms with Crippen LogP contribution in [0.5, 0.6) is 0 Å². The lowest BCUT2D eigenvalue weighted by Gasteiger charge is -2.30. The van der Waals surface area contributed by atoms with Crippen LogP contribution in [0, 0.1) is 0 Å². The molecule has 0 saturated heterocycles. The van der Waals surface area contributed by atoms with Gasteiger partial charge in [0.25, 0.3) is 0 Å². The van der Waals surface area contributed by atoms with Gasteiger partial charge < -0.3 is 10.0 Å². The molecule has 0 amide bonds. The van der Waals surface area contributed by atoms with E-state index in [4.69, 9.17) is 0 Å². The first-order chi connectivity index (χ1) is 9.11. The molecule has 2 aromatic rings. The Balaban J connectivity index is 2.35. The molecule has 0 radical (unpaired) electrons. The van der Waals surface area contributed by atoms with E-state index in [1.54, 1.807) is 11.3 Å². The Kier molecular flexibility index (Phi) is 5.02. The van der Waals surface area contributed by atoms with Crippen molar-refractivity contribution in [2.24, 2.45) is 0 Å². The van der Waals surface area contributed by atoms with Gasteiger partial charge in [-0.3, -0.25) is 0 Å². The smallest absolute Gasteiger partial charge is 0.0702 e. The zero-order chi connectivity index (χ0) is 13.8. The highest BCUT2D eigenvalue weighted by Crippen LogP contribution is 2.29. The van der Waals surface area contributed by atoms with E-state index in [1.807, 2.05) is 12.1 Å². The summed E-state index contributed by atoms with van der Waals surface area (Å²) in [5, 5.41) is 11.6. The lowest BCUT2D eigenvalue weighted by molar-refractivity contribution is 0.282. The van der Waals surface area contributed by atoms with Crippen LogP contribution in [0.25, 0.3) is 0 Å². The van der Waals surface area contributed by atoms with Crippen LogP contribution in [0.3, 0.4) is 0 Å². The van der Waals surface area contributed by atoms with Gasteiger partial charge in [-0.25, -0.2) is 0 Å². The summed E-state index contributed by atoms with van der Waals surface area (Å²) < 4.78 is 1.04. The summed E-state index contributed by atoms with van der Waals surface area (Å²) in [7, 11) is 0. The summed E-state index contributed by atoms with van der Waals surface area (Å²) in [5.74, 6) is 0. The van der Waals surface area contributed by atoms with Crippen LogP contribution >= 0.6 is 27.3 Å². The molecule has 0 aliphatic carbocycles. The van der Waals surface area contributed by atoms with Gasteiger partial charge in [-0.15, -0.1) is 11.3 Å². The van der Waals surface area contributed by atoms with Crippen LogP contribution in [0.2, 0.25) is 0 Å². The van der Waals surface area contributed by atoms with Crippen molar-refractivity contribution in [3.05, 3.63) is 50.6 Å². The lowest BCUT2D eigenvalue weighted by Crippen LogP contribution is -2.30. The lowest BCUT2D eigenvalue weighted by atomic mass is 10.1. The largest absolute Gasteiger partial charge is 0.392 e. The number of anilines is 1. The summed E-state index contributed by atoms with van der Waals surface area (Å²) in [6.07, 6.45) is 0. The molecule has 0 spiro atoms. The van der Waals surface area contributed by atoms with Crippen molar-refractivity contribution in [3.8, 4) is 0 Å². The predicted octanol–water partition coefficient (Wildman–Crippen LogP) is 4.42. The molecule has 4 heteroatoms. The van der Waals surface area contributed by atoms with E-state index >= 15 is 0 Å². The highest BCUT2D eigenvalue weighted by molar-refractivity contribution is 9.10. The number of thiophene rings is 1. The molecule has 0 aliphatic rings. The first kappa shape index (κ1) is 14.6. The zero-order valence-corrected chi connectivity index (χ0v) is 13.5. The van der Waals surface area contributed by atoms with Crippen LogP contribution in [0.15, 0.2) is 40.2 Å².